The van der Waals surface area contributed by atoms with E-state index in [1.165, 1.54) is 103 Å². The summed E-state index contributed by atoms with van der Waals surface area (Å²) in [4.78, 5) is 13.1. The summed E-state index contributed by atoms with van der Waals surface area (Å²) in [7, 11) is 0. The molecule has 6 atom stereocenters. The highest BCUT2D eigenvalue weighted by Gasteiger charge is 2.43. The van der Waals surface area contributed by atoms with E-state index >= 15 is 0 Å². The molecule has 3 heteroatoms. The third-order valence-electron chi connectivity index (χ3n) is 13.7. The van der Waals surface area contributed by atoms with E-state index in [1.807, 2.05) is 0 Å². The molecular weight excluding hydrogens is 548 g/mol. The molecule has 2 aliphatic heterocycles. The number of carbonyl (C=O) groups is 1. The lowest BCUT2D eigenvalue weighted by atomic mass is 9.73. The number of likely N-dealkylation sites (tertiary alicyclic amines) is 1. The Kier molecular flexibility index (Phi) is 8.37. The van der Waals surface area contributed by atoms with Gasteiger partial charge in [0.25, 0.3) is 0 Å². The van der Waals surface area contributed by atoms with Crippen molar-refractivity contribution in [3.63, 3.8) is 0 Å². The minimum absolute atomic E-state index is 0.361. The first kappa shape index (κ1) is 29.9. The molecule has 4 bridgehead atoms. The van der Waals surface area contributed by atoms with E-state index < -0.39 is 0 Å². The van der Waals surface area contributed by atoms with E-state index in [4.69, 9.17) is 0 Å². The summed E-state index contributed by atoms with van der Waals surface area (Å²) in [5, 5.41) is 3.47. The molecule has 0 aromatic heterocycles. The SMILES string of the molecule is C1=C[C@@H]2C[C@H]1C[C@@H]2CN1CCC2(CCc3ccccc32)CC1.O=C[C@H]1C[C@H]2C=C[C@@H]1C2.c1ccc2c(c1)CCC21CCNCC1. The Morgan fingerprint density at radius 2 is 1.24 bits per heavy atom. The van der Waals surface area contributed by atoms with Gasteiger partial charge in [0.2, 0.25) is 0 Å². The van der Waals surface area contributed by atoms with Crippen molar-refractivity contribution in [2.45, 2.75) is 87.9 Å². The van der Waals surface area contributed by atoms with Crippen LogP contribution in [0.15, 0.2) is 72.8 Å². The van der Waals surface area contributed by atoms with Crippen molar-refractivity contribution in [1.82, 2.24) is 10.2 Å². The maximum Gasteiger partial charge on any atom is 0.123 e. The number of nitrogens with zero attached hydrogens (tertiary/aromatic N) is 1. The van der Waals surface area contributed by atoms with Gasteiger partial charge in [-0.1, -0.05) is 72.8 Å². The second-order valence-electron chi connectivity index (χ2n) is 16.0. The van der Waals surface area contributed by atoms with E-state index in [-0.39, 0.29) is 0 Å². The predicted octanol–water partition coefficient (Wildman–Crippen LogP) is 7.83. The molecule has 45 heavy (non-hydrogen) atoms. The molecule has 2 saturated heterocycles. The van der Waals surface area contributed by atoms with Crippen LogP contribution in [0.2, 0.25) is 0 Å². The topological polar surface area (TPSA) is 32.3 Å². The van der Waals surface area contributed by atoms with Crippen molar-refractivity contribution in [2.75, 3.05) is 32.7 Å². The maximum absolute atomic E-state index is 10.4. The van der Waals surface area contributed by atoms with Gasteiger partial charge in [-0.15, -0.1) is 0 Å². The first-order valence-corrected chi connectivity index (χ1v) is 18.5. The van der Waals surface area contributed by atoms with Crippen LogP contribution in [0.25, 0.3) is 0 Å². The van der Waals surface area contributed by atoms with Crippen LogP contribution in [0.5, 0.6) is 0 Å². The summed E-state index contributed by atoms with van der Waals surface area (Å²) in [5.74, 6) is 4.50. The van der Waals surface area contributed by atoms with Crippen molar-refractivity contribution in [1.29, 1.82) is 0 Å². The Morgan fingerprint density at radius 3 is 1.76 bits per heavy atom. The number of benzene rings is 2. The van der Waals surface area contributed by atoms with Gasteiger partial charge in [-0.25, -0.2) is 0 Å². The fourth-order valence-electron chi connectivity index (χ4n) is 11.1. The molecule has 8 aliphatic rings. The normalized spacial score (nSPS) is 33.9. The van der Waals surface area contributed by atoms with Crippen LogP contribution in [0.4, 0.5) is 0 Å². The summed E-state index contributed by atoms with van der Waals surface area (Å²) in [6, 6.07) is 18.3. The molecular formula is C42H54N2O. The number of carbonyl (C=O) groups excluding carboxylic acids is 1. The molecule has 6 aliphatic carbocycles. The van der Waals surface area contributed by atoms with Gasteiger partial charge >= 0.3 is 0 Å². The third-order valence-corrected chi connectivity index (χ3v) is 13.7. The number of fused-ring (bicyclic) bond motifs is 8. The fraction of sp³-hybridized carbons (Fsp3) is 0.595. The van der Waals surface area contributed by atoms with Gasteiger partial charge in [0, 0.05) is 12.5 Å². The summed E-state index contributed by atoms with van der Waals surface area (Å²) >= 11 is 0. The molecule has 2 spiro atoms. The average molecular weight is 603 g/mol. The molecule has 3 nitrogen and oxygen atoms in total. The van der Waals surface area contributed by atoms with Crippen LogP contribution in [-0.4, -0.2) is 43.9 Å². The van der Waals surface area contributed by atoms with Crippen LogP contribution >= 0.6 is 0 Å². The number of nitrogens with one attached hydrogen (secondary N) is 1. The Labute approximate surface area is 271 Å². The molecule has 2 heterocycles. The Bertz CT molecular complexity index is 1400. The highest BCUT2D eigenvalue weighted by atomic mass is 16.1. The van der Waals surface area contributed by atoms with Gasteiger partial charge in [-0.05, 0) is 166 Å². The number of rotatable bonds is 3. The average Bonchev–Trinajstić information content (AvgIpc) is 3.96. The third kappa shape index (κ3) is 5.82. The van der Waals surface area contributed by atoms with E-state index in [9.17, 15) is 4.79 Å². The molecule has 10 rings (SSSR count). The first-order chi connectivity index (χ1) is 22.1. The van der Waals surface area contributed by atoms with Crippen molar-refractivity contribution >= 4 is 6.29 Å². The van der Waals surface area contributed by atoms with Gasteiger partial charge < -0.3 is 15.0 Å². The zero-order chi connectivity index (χ0) is 30.3. The van der Waals surface area contributed by atoms with Crippen molar-refractivity contribution in [3.8, 4) is 0 Å². The lowest BCUT2D eigenvalue weighted by Crippen LogP contribution is -2.43. The lowest BCUT2D eigenvalue weighted by molar-refractivity contribution is -0.111. The number of aldehydes is 1. The molecule has 4 fully saturated rings. The molecule has 0 unspecified atom stereocenters. The standard InChI is InChI=1S/C21H27N.C13H17N.C8H10O/c1-2-4-20-17(3-1)7-8-21(20)9-11-22(12-10-21)15-19-14-16-5-6-18(19)13-16;1-2-4-12-11(3-1)5-6-13(12)7-9-14-10-8-13;9-5-8-4-6-1-2-7(8)3-6/h1-6,16,18-19H,7-15H2;1-4,14H,5-10H2;1-2,5-8H,3-4H2/t16-,18+,19+;;6-,7+,8+/m0.0/s1. The van der Waals surface area contributed by atoms with Crippen LogP contribution in [-0.2, 0) is 28.5 Å². The Balaban J connectivity index is 0.000000111. The summed E-state index contributed by atoms with van der Waals surface area (Å²) in [5.41, 5.74) is 7.66. The molecule has 0 radical (unpaired) electrons. The molecule has 0 amide bonds. The smallest absolute Gasteiger partial charge is 0.123 e. The molecule has 2 aromatic rings. The number of hydrogen-bond donors (Lipinski definition) is 1. The predicted molar refractivity (Wildman–Crippen MR) is 184 cm³/mol. The summed E-state index contributed by atoms with van der Waals surface area (Å²) < 4.78 is 0. The van der Waals surface area contributed by atoms with E-state index in [0.29, 0.717) is 22.7 Å². The van der Waals surface area contributed by atoms with E-state index in [1.54, 1.807) is 22.3 Å². The highest BCUT2D eigenvalue weighted by Crippen LogP contribution is 2.48. The van der Waals surface area contributed by atoms with Gasteiger partial charge in [0.15, 0.2) is 0 Å². The molecule has 2 saturated carbocycles. The minimum Gasteiger partial charge on any atom is -0.317 e. The zero-order valence-corrected chi connectivity index (χ0v) is 27.3. The summed E-state index contributed by atoms with van der Waals surface area (Å²) in [6.07, 6.45) is 26.7. The Hall–Kier alpha value is -2.49. The van der Waals surface area contributed by atoms with Crippen LogP contribution < -0.4 is 5.32 Å². The van der Waals surface area contributed by atoms with Gasteiger partial charge in [0.05, 0.1) is 0 Å². The second kappa shape index (κ2) is 12.6. The quantitative estimate of drug-likeness (QED) is 0.287. The highest BCUT2D eigenvalue weighted by molar-refractivity contribution is 5.56. The monoisotopic (exact) mass is 602 g/mol. The number of allylic oxidation sites excluding steroid dienone is 4. The first-order valence-electron chi connectivity index (χ1n) is 18.5. The Morgan fingerprint density at radius 1 is 0.667 bits per heavy atom. The fourth-order valence-corrected chi connectivity index (χ4v) is 11.1. The minimum atomic E-state index is 0.361. The van der Waals surface area contributed by atoms with Crippen molar-refractivity contribution < 1.29 is 4.79 Å². The molecule has 2 aromatic carbocycles. The van der Waals surface area contributed by atoms with Gasteiger partial charge in [0.1, 0.15) is 6.29 Å². The van der Waals surface area contributed by atoms with E-state index in [0.717, 1.165) is 36.4 Å². The van der Waals surface area contributed by atoms with Crippen molar-refractivity contribution in [2.24, 2.45) is 35.5 Å². The van der Waals surface area contributed by atoms with Crippen LogP contribution in [0, 0.1) is 35.5 Å². The second-order valence-corrected chi connectivity index (χ2v) is 16.0. The molecule has 1 N–H and O–H groups in total. The lowest BCUT2D eigenvalue weighted by Gasteiger charge is -2.41. The number of aryl methyl sites for hydroxylation is 2. The largest absolute Gasteiger partial charge is 0.317 e. The number of hydrogen-bond acceptors (Lipinski definition) is 3. The number of piperidine rings is 2. The van der Waals surface area contributed by atoms with Crippen molar-refractivity contribution in [3.05, 3.63) is 95.1 Å². The van der Waals surface area contributed by atoms with Crippen LogP contribution in [0.3, 0.4) is 0 Å². The summed E-state index contributed by atoms with van der Waals surface area (Å²) in [6.45, 7) is 6.42. The van der Waals surface area contributed by atoms with E-state index in [2.05, 4.69) is 83.1 Å². The van der Waals surface area contributed by atoms with Gasteiger partial charge in [-0.2, -0.15) is 0 Å². The van der Waals surface area contributed by atoms with Crippen LogP contribution in [0.1, 0.15) is 86.5 Å². The molecule has 238 valence electrons. The van der Waals surface area contributed by atoms with Gasteiger partial charge in [-0.3, -0.25) is 0 Å². The zero-order valence-electron chi connectivity index (χ0n) is 27.3. The maximum atomic E-state index is 10.4.